The number of hydrogen-bond donors (Lipinski definition) is 0. The van der Waals surface area contributed by atoms with E-state index in [1.54, 1.807) is 6.07 Å². The lowest BCUT2D eigenvalue weighted by Crippen LogP contribution is -2.11. The highest BCUT2D eigenvalue weighted by atomic mass is 35.5. The van der Waals surface area contributed by atoms with Crippen LogP contribution in [0.1, 0.15) is 28.8 Å². The van der Waals surface area contributed by atoms with Crippen LogP contribution in [0.5, 0.6) is 0 Å². The number of hydrogen-bond acceptors (Lipinski definition) is 1. The molecule has 0 spiro atoms. The Morgan fingerprint density at radius 1 is 0.800 bits per heavy atom. The second kappa shape index (κ2) is 5.40. The van der Waals surface area contributed by atoms with E-state index in [0.717, 1.165) is 35.1 Å². The van der Waals surface area contributed by atoms with Crippen LogP contribution in [-0.4, -0.2) is 5.78 Å². The Hall–Kier alpha value is -1.02. The molecule has 4 heteroatoms. The number of Topliss-reactive ketones (excluding diaryl/α,β-unsaturated/α-hetero) is 1. The first kappa shape index (κ1) is 13.9. The third kappa shape index (κ3) is 2.24. The number of benzene rings is 2. The molecule has 3 rings (SSSR count). The Balaban J connectivity index is 2.24. The Morgan fingerprint density at radius 3 is 2.35 bits per heavy atom. The third-order valence-corrected chi connectivity index (χ3v) is 4.93. The summed E-state index contributed by atoms with van der Waals surface area (Å²) in [6.45, 7) is 0. The number of carbonyl (C=O) groups is 1. The van der Waals surface area contributed by atoms with Gasteiger partial charge in [-0.2, -0.15) is 0 Å². The van der Waals surface area contributed by atoms with Gasteiger partial charge in [0.15, 0.2) is 5.78 Å². The summed E-state index contributed by atoms with van der Waals surface area (Å²) in [6, 6.07) is 9.32. The van der Waals surface area contributed by atoms with E-state index in [1.165, 1.54) is 0 Å². The lowest BCUT2D eigenvalue weighted by atomic mass is 9.85. The zero-order valence-corrected chi connectivity index (χ0v) is 12.8. The van der Waals surface area contributed by atoms with Gasteiger partial charge in [-0.15, -0.1) is 0 Å². The molecule has 1 aliphatic rings. The van der Waals surface area contributed by atoms with E-state index in [1.807, 2.05) is 24.3 Å². The van der Waals surface area contributed by atoms with Crippen molar-refractivity contribution in [1.29, 1.82) is 0 Å². The maximum absolute atomic E-state index is 12.0. The van der Waals surface area contributed by atoms with Gasteiger partial charge in [-0.25, -0.2) is 0 Å². The smallest absolute Gasteiger partial charge is 0.163 e. The van der Waals surface area contributed by atoms with Crippen molar-refractivity contribution in [3.63, 3.8) is 0 Å². The van der Waals surface area contributed by atoms with Crippen molar-refractivity contribution < 1.29 is 4.79 Å². The van der Waals surface area contributed by atoms with Crippen LogP contribution in [0.4, 0.5) is 0 Å². The molecular formula is C16H11Cl3O. The van der Waals surface area contributed by atoms with Crippen molar-refractivity contribution in [2.75, 3.05) is 0 Å². The predicted octanol–water partition coefficient (Wildman–Crippen LogP) is 5.83. The molecule has 0 heterocycles. The number of rotatable bonds is 1. The summed E-state index contributed by atoms with van der Waals surface area (Å²) in [5.41, 5.74) is 3.66. The normalized spacial score (nSPS) is 14.2. The van der Waals surface area contributed by atoms with E-state index in [-0.39, 0.29) is 5.78 Å². The van der Waals surface area contributed by atoms with Crippen LogP contribution in [-0.2, 0) is 6.42 Å². The van der Waals surface area contributed by atoms with Gasteiger partial charge in [0.05, 0.1) is 15.1 Å². The van der Waals surface area contributed by atoms with Gasteiger partial charge >= 0.3 is 0 Å². The Bertz CT molecular complexity index is 707. The molecule has 2 aromatic rings. The van der Waals surface area contributed by atoms with E-state index in [2.05, 4.69) is 0 Å². The van der Waals surface area contributed by atoms with Crippen molar-refractivity contribution in [2.45, 2.75) is 19.3 Å². The quantitative estimate of drug-likeness (QED) is 0.603. The second-order valence-electron chi connectivity index (χ2n) is 4.83. The molecule has 0 aliphatic heterocycles. The molecule has 1 aliphatic carbocycles. The Kier molecular flexibility index (Phi) is 3.76. The summed E-state index contributed by atoms with van der Waals surface area (Å²) in [4.78, 5) is 12.0. The minimum Gasteiger partial charge on any atom is -0.294 e. The van der Waals surface area contributed by atoms with Gasteiger partial charge in [0, 0.05) is 17.5 Å². The second-order valence-corrected chi connectivity index (χ2v) is 5.99. The number of fused-ring (bicyclic) bond motifs is 1. The summed E-state index contributed by atoms with van der Waals surface area (Å²) in [5, 5.41) is 1.22. The van der Waals surface area contributed by atoms with Crippen molar-refractivity contribution in [1.82, 2.24) is 0 Å². The van der Waals surface area contributed by atoms with Crippen LogP contribution < -0.4 is 0 Å². The standard InChI is InChI=1S/C16H11Cl3O/c17-13-8-7-12(15(18)16(13)19)10-3-1-5-11-9(10)4-2-6-14(11)20/h1,3,5,7-8H,2,4,6H2. The first-order valence-electron chi connectivity index (χ1n) is 6.38. The summed E-state index contributed by atoms with van der Waals surface area (Å²) in [7, 11) is 0. The molecule has 0 N–H and O–H groups in total. The lowest BCUT2D eigenvalue weighted by Gasteiger charge is -2.19. The highest BCUT2D eigenvalue weighted by molar-refractivity contribution is 6.49. The molecular weight excluding hydrogens is 315 g/mol. The molecule has 20 heavy (non-hydrogen) atoms. The summed E-state index contributed by atoms with van der Waals surface area (Å²) in [6.07, 6.45) is 2.38. The van der Waals surface area contributed by atoms with Gasteiger partial charge < -0.3 is 0 Å². The van der Waals surface area contributed by atoms with Gasteiger partial charge in [-0.3, -0.25) is 4.79 Å². The minimum absolute atomic E-state index is 0.198. The molecule has 0 bridgehead atoms. The minimum atomic E-state index is 0.198. The predicted molar refractivity (Wildman–Crippen MR) is 84.2 cm³/mol. The zero-order chi connectivity index (χ0) is 14.3. The Labute approximate surface area is 132 Å². The van der Waals surface area contributed by atoms with E-state index in [9.17, 15) is 4.79 Å². The molecule has 0 saturated heterocycles. The van der Waals surface area contributed by atoms with E-state index < -0.39 is 0 Å². The van der Waals surface area contributed by atoms with Crippen LogP contribution in [0.2, 0.25) is 15.1 Å². The SMILES string of the molecule is O=C1CCCc2c1cccc2-c1ccc(Cl)c(Cl)c1Cl. The molecule has 102 valence electrons. The van der Waals surface area contributed by atoms with Crippen LogP contribution in [0.15, 0.2) is 30.3 Å². The molecule has 0 saturated carbocycles. The van der Waals surface area contributed by atoms with Crippen molar-refractivity contribution in [3.8, 4) is 11.1 Å². The molecule has 0 aromatic heterocycles. The fourth-order valence-electron chi connectivity index (χ4n) is 2.66. The van der Waals surface area contributed by atoms with E-state index in [0.29, 0.717) is 21.5 Å². The third-order valence-electron chi connectivity index (χ3n) is 3.63. The largest absolute Gasteiger partial charge is 0.294 e. The zero-order valence-electron chi connectivity index (χ0n) is 10.6. The first-order chi connectivity index (χ1) is 9.59. The summed E-state index contributed by atoms with van der Waals surface area (Å²) >= 11 is 18.4. The highest BCUT2D eigenvalue weighted by Gasteiger charge is 2.21. The fraction of sp³-hybridized carbons (Fsp3) is 0.188. The summed E-state index contributed by atoms with van der Waals surface area (Å²) < 4.78 is 0. The van der Waals surface area contributed by atoms with Crippen molar-refractivity contribution in [3.05, 3.63) is 56.5 Å². The molecule has 0 unspecified atom stereocenters. The summed E-state index contributed by atoms with van der Waals surface area (Å²) in [5.74, 6) is 0.198. The molecule has 0 radical (unpaired) electrons. The Morgan fingerprint density at radius 2 is 1.55 bits per heavy atom. The van der Waals surface area contributed by atoms with E-state index in [4.69, 9.17) is 34.8 Å². The number of carbonyl (C=O) groups excluding carboxylic acids is 1. The van der Waals surface area contributed by atoms with Gasteiger partial charge in [0.2, 0.25) is 0 Å². The van der Waals surface area contributed by atoms with Crippen molar-refractivity contribution in [2.24, 2.45) is 0 Å². The maximum Gasteiger partial charge on any atom is 0.163 e. The van der Waals surface area contributed by atoms with E-state index >= 15 is 0 Å². The topological polar surface area (TPSA) is 17.1 Å². The average Bonchev–Trinajstić information content (AvgIpc) is 2.45. The molecule has 0 atom stereocenters. The van der Waals surface area contributed by atoms with Gasteiger partial charge in [-0.1, -0.05) is 59.1 Å². The van der Waals surface area contributed by atoms with Crippen LogP contribution in [0.3, 0.4) is 0 Å². The van der Waals surface area contributed by atoms with Gasteiger partial charge in [-0.05, 0) is 30.0 Å². The molecule has 0 amide bonds. The monoisotopic (exact) mass is 324 g/mol. The van der Waals surface area contributed by atoms with Crippen molar-refractivity contribution >= 4 is 40.6 Å². The van der Waals surface area contributed by atoms with Gasteiger partial charge in [0.25, 0.3) is 0 Å². The maximum atomic E-state index is 12.0. The molecule has 2 aromatic carbocycles. The van der Waals surface area contributed by atoms with Gasteiger partial charge in [0.1, 0.15) is 0 Å². The molecule has 1 nitrogen and oxygen atoms in total. The lowest BCUT2D eigenvalue weighted by molar-refractivity contribution is 0.0972. The van der Waals surface area contributed by atoms with Crippen LogP contribution in [0.25, 0.3) is 11.1 Å². The van der Waals surface area contributed by atoms with Crippen LogP contribution in [0, 0.1) is 0 Å². The van der Waals surface area contributed by atoms with Crippen LogP contribution >= 0.6 is 34.8 Å². The highest BCUT2D eigenvalue weighted by Crippen LogP contribution is 2.40. The molecule has 0 fully saturated rings. The average molecular weight is 326 g/mol. The number of ketones is 1. The number of halogens is 3. The first-order valence-corrected chi connectivity index (χ1v) is 7.52. The fourth-order valence-corrected chi connectivity index (χ4v) is 3.30.